The first kappa shape index (κ1) is 25.8. The van der Waals surface area contributed by atoms with Crippen molar-refractivity contribution < 1.29 is 4.42 Å². The van der Waals surface area contributed by atoms with Gasteiger partial charge < -0.3 is 9.32 Å². The van der Waals surface area contributed by atoms with E-state index in [2.05, 4.69) is 169 Å². The van der Waals surface area contributed by atoms with E-state index >= 15 is 0 Å². The molecule has 0 radical (unpaired) electrons. The highest BCUT2D eigenvalue weighted by atomic mass is 16.3. The van der Waals surface area contributed by atoms with Crippen LogP contribution in [0.25, 0.3) is 55.3 Å². The SMILES string of the molecule is c1ccc(-c2c(-c3cccc(-c4ccc(N(c5ccccc5)c5cccc6ccccc56)cc4)c3)oc3ccccc23)cc1. The number of anilines is 3. The number of para-hydroxylation sites is 2. The minimum absolute atomic E-state index is 0.891. The van der Waals surface area contributed by atoms with Crippen LogP contribution in [-0.4, -0.2) is 0 Å². The Labute approximate surface area is 257 Å². The molecule has 44 heavy (non-hydrogen) atoms. The molecule has 0 N–H and O–H groups in total. The summed E-state index contributed by atoms with van der Waals surface area (Å²) in [5.41, 5.74) is 9.91. The molecule has 2 heteroatoms. The van der Waals surface area contributed by atoms with E-state index in [0.717, 1.165) is 61.6 Å². The molecule has 0 aliphatic carbocycles. The zero-order valence-electron chi connectivity index (χ0n) is 24.1. The molecule has 7 aromatic carbocycles. The van der Waals surface area contributed by atoms with Gasteiger partial charge in [-0.2, -0.15) is 0 Å². The summed E-state index contributed by atoms with van der Waals surface area (Å²) in [7, 11) is 0. The zero-order valence-corrected chi connectivity index (χ0v) is 24.1. The summed E-state index contributed by atoms with van der Waals surface area (Å²) in [6, 6.07) is 62.0. The average Bonchev–Trinajstić information content (AvgIpc) is 3.50. The van der Waals surface area contributed by atoms with Gasteiger partial charge in [0.05, 0.1) is 5.69 Å². The van der Waals surface area contributed by atoms with E-state index in [1.807, 2.05) is 12.1 Å². The van der Waals surface area contributed by atoms with Crippen molar-refractivity contribution in [3.05, 3.63) is 176 Å². The van der Waals surface area contributed by atoms with E-state index in [1.165, 1.54) is 10.8 Å². The molecule has 0 amide bonds. The first-order valence-corrected chi connectivity index (χ1v) is 14.9. The third-order valence-electron chi connectivity index (χ3n) is 8.26. The third kappa shape index (κ3) is 4.63. The normalized spacial score (nSPS) is 11.2. The molecule has 0 saturated heterocycles. The number of rotatable bonds is 6. The topological polar surface area (TPSA) is 16.4 Å². The number of hydrogen-bond acceptors (Lipinski definition) is 2. The first-order valence-electron chi connectivity index (χ1n) is 14.9. The molecule has 0 aliphatic heterocycles. The lowest BCUT2D eigenvalue weighted by Gasteiger charge is -2.27. The molecule has 8 rings (SSSR count). The molecular formula is C42H29NO. The van der Waals surface area contributed by atoms with Gasteiger partial charge in [0.25, 0.3) is 0 Å². The van der Waals surface area contributed by atoms with Crippen LogP contribution in [0.15, 0.2) is 180 Å². The van der Waals surface area contributed by atoms with Gasteiger partial charge in [0, 0.05) is 33.3 Å². The zero-order chi connectivity index (χ0) is 29.3. The maximum Gasteiger partial charge on any atom is 0.143 e. The number of fused-ring (bicyclic) bond motifs is 2. The van der Waals surface area contributed by atoms with Crippen LogP contribution in [0, 0.1) is 0 Å². The lowest BCUT2D eigenvalue weighted by atomic mass is 9.96. The van der Waals surface area contributed by atoms with Crippen LogP contribution in [-0.2, 0) is 0 Å². The molecule has 208 valence electrons. The van der Waals surface area contributed by atoms with Gasteiger partial charge in [0.1, 0.15) is 11.3 Å². The Hall–Kier alpha value is -5.86. The molecule has 0 spiro atoms. The van der Waals surface area contributed by atoms with Gasteiger partial charge >= 0.3 is 0 Å². The second-order valence-electron chi connectivity index (χ2n) is 11.0. The van der Waals surface area contributed by atoms with Crippen LogP contribution in [0.3, 0.4) is 0 Å². The van der Waals surface area contributed by atoms with E-state index < -0.39 is 0 Å². The Morgan fingerprint density at radius 3 is 1.80 bits per heavy atom. The largest absolute Gasteiger partial charge is 0.455 e. The van der Waals surface area contributed by atoms with Crippen molar-refractivity contribution in [1.82, 2.24) is 0 Å². The van der Waals surface area contributed by atoms with Gasteiger partial charge in [-0.1, -0.05) is 133 Å². The van der Waals surface area contributed by atoms with Crippen molar-refractivity contribution in [2.24, 2.45) is 0 Å². The van der Waals surface area contributed by atoms with Crippen molar-refractivity contribution in [2.75, 3.05) is 4.90 Å². The first-order chi connectivity index (χ1) is 21.8. The summed E-state index contributed by atoms with van der Waals surface area (Å²) >= 11 is 0. The second-order valence-corrected chi connectivity index (χ2v) is 11.0. The van der Waals surface area contributed by atoms with E-state index in [1.54, 1.807) is 0 Å². The summed E-state index contributed by atoms with van der Waals surface area (Å²) in [4.78, 5) is 2.34. The minimum atomic E-state index is 0.891. The highest BCUT2D eigenvalue weighted by molar-refractivity contribution is 6.02. The fourth-order valence-electron chi connectivity index (χ4n) is 6.19. The molecule has 0 unspecified atom stereocenters. The summed E-state index contributed by atoms with van der Waals surface area (Å²) in [5, 5.41) is 3.56. The maximum atomic E-state index is 6.51. The van der Waals surface area contributed by atoms with E-state index in [-0.39, 0.29) is 0 Å². The second kappa shape index (κ2) is 11.1. The van der Waals surface area contributed by atoms with Crippen molar-refractivity contribution >= 4 is 38.8 Å². The molecule has 0 bridgehead atoms. The van der Waals surface area contributed by atoms with E-state index in [0.29, 0.717) is 0 Å². The van der Waals surface area contributed by atoms with Gasteiger partial charge in [0.2, 0.25) is 0 Å². The summed E-state index contributed by atoms with van der Waals surface area (Å²) in [6.45, 7) is 0. The van der Waals surface area contributed by atoms with Gasteiger partial charge in [-0.05, 0) is 64.5 Å². The van der Waals surface area contributed by atoms with Crippen LogP contribution < -0.4 is 4.90 Å². The summed E-state index contributed by atoms with van der Waals surface area (Å²) in [5.74, 6) is 0.891. The Morgan fingerprint density at radius 2 is 0.977 bits per heavy atom. The Bertz CT molecular complexity index is 2210. The summed E-state index contributed by atoms with van der Waals surface area (Å²) < 4.78 is 6.51. The molecule has 0 aliphatic rings. The minimum Gasteiger partial charge on any atom is -0.455 e. The average molecular weight is 564 g/mol. The lowest BCUT2D eigenvalue weighted by molar-refractivity contribution is 0.632. The van der Waals surface area contributed by atoms with Gasteiger partial charge in [-0.25, -0.2) is 0 Å². The van der Waals surface area contributed by atoms with Crippen LogP contribution in [0.1, 0.15) is 0 Å². The van der Waals surface area contributed by atoms with Crippen LogP contribution in [0.4, 0.5) is 17.1 Å². The summed E-state index contributed by atoms with van der Waals surface area (Å²) in [6.07, 6.45) is 0. The van der Waals surface area contributed by atoms with Crippen molar-refractivity contribution in [3.8, 4) is 33.6 Å². The highest BCUT2D eigenvalue weighted by Crippen LogP contribution is 2.42. The van der Waals surface area contributed by atoms with E-state index in [9.17, 15) is 0 Å². The van der Waals surface area contributed by atoms with Crippen molar-refractivity contribution in [3.63, 3.8) is 0 Å². The highest BCUT2D eigenvalue weighted by Gasteiger charge is 2.18. The van der Waals surface area contributed by atoms with Crippen molar-refractivity contribution in [1.29, 1.82) is 0 Å². The lowest BCUT2D eigenvalue weighted by Crippen LogP contribution is -2.10. The molecule has 0 fully saturated rings. The standard InChI is InChI=1S/C42H29NO/c1-3-14-32(15-4-1)41-38-22-9-10-24-40(38)44-42(41)34-18-11-17-33(29-34)30-25-27-36(28-26-30)43(35-19-5-2-6-20-35)39-23-12-16-31-13-7-8-21-37(31)39/h1-29H. The third-order valence-corrected chi connectivity index (χ3v) is 8.26. The number of hydrogen-bond donors (Lipinski definition) is 0. The van der Waals surface area contributed by atoms with Gasteiger partial charge in [0.15, 0.2) is 0 Å². The van der Waals surface area contributed by atoms with Crippen LogP contribution in [0.2, 0.25) is 0 Å². The quantitative estimate of drug-likeness (QED) is 0.200. The number of benzene rings is 7. The predicted octanol–water partition coefficient (Wildman–Crippen LogP) is 12.1. The van der Waals surface area contributed by atoms with Crippen molar-refractivity contribution in [2.45, 2.75) is 0 Å². The molecule has 8 aromatic rings. The van der Waals surface area contributed by atoms with Crippen LogP contribution >= 0.6 is 0 Å². The monoisotopic (exact) mass is 563 g/mol. The Balaban J connectivity index is 1.21. The number of nitrogens with zero attached hydrogens (tertiary/aromatic N) is 1. The molecule has 0 saturated carbocycles. The van der Waals surface area contributed by atoms with E-state index in [4.69, 9.17) is 4.42 Å². The molecular weight excluding hydrogens is 534 g/mol. The maximum absolute atomic E-state index is 6.51. The smallest absolute Gasteiger partial charge is 0.143 e. The molecule has 0 atom stereocenters. The van der Waals surface area contributed by atoms with Gasteiger partial charge in [-0.15, -0.1) is 0 Å². The van der Waals surface area contributed by atoms with Gasteiger partial charge in [-0.3, -0.25) is 0 Å². The molecule has 2 nitrogen and oxygen atoms in total. The molecule has 1 heterocycles. The fourth-order valence-corrected chi connectivity index (χ4v) is 6.19. The van der Waals surface area contributed by atoms with Crippen LogP contribution in [0.5, 0.6) is 0 Å². The fraction of sp³-hybridized carbons (Fsp3) is 0. The number of furan rings is 1. The molecule has 1 aromatic heterocycles. The predicted molar refractivity (Wildman–Crippen MR) is 185 cm³/mol. The Morgan fingerprint density at radius 1 is 0.386 bits per heavy atom. The Kier molecular flexibility index (Phi) is 6.51.